The predicted molar refractivity (Wildman–Crippen MR) is 55.6 cm³/mol. The van der Waals surface area contributed by atoms with Crippen LogP contribution in [0.4, 0.5) is 4.79 Å². The number of carbonyl (C=O) groups is 2. The zero-order valence-corrected chi connectivity index (χ0v) is 8.61. The monoisotopic (exact) mass is 212 g/mol. The lowest BCUT2D eigenvalue weighted by molar-refractivity contribution is -0.132. The summed E-state index contributed by atoms with van der Waals surface area (Å²) in [7, 11) is 0. The van der Waals surface area contributed by atoms with Crippen LogP contribution in [0.5, 0.6) is 0 Å². The number of rotatable bonds is 3. The first-order chi connectivity index (χ1) is 7.15. The van der Waals surface area contributed by atoms with Gasteiger partial charge in [-0.15, -0.1) is 6.58 Å². The first-order valence-electron chi connectivity index (χ1n) is 5.04. The van der Waals surface area contributed by atoms with E-state index >= 15 is 0 Å². The normalized spacial score (nSPS) is 22.0. The van der Waals surface area contributed by atoms with E-state index in [1.165, 1.54) is 0 Å². The van der Waals surface area contributed by atoms with E-state index < -0.39 is 12.1 Å². The average Bonchev–Trinajstić information content (AvgIpc) is 2.33. The Bertz CT molecular complexity index is 265. The minimum Gasteiger partial charge on any atom is -0.465 e. The highest BCUT2D eigenvalue weighted by molar-refractivity contribution is 5.85. The summed E-state index contributed by atoms with van der Waals surface area (Å²) in [6, 6.07) is -0.593. The number of carboxylic acid groups (broad SMARTS) is 1. The Hall–Kier alpha value is -1.52. The third-order valence-corrected chi connectivity index (χ3v) is 2.43. The zero-order chi connectivity index (χ0) is 11.3. The van der Waals surface area contributed by atoms with Crippen LogP contribution in [-0.4, -0.2) is 41.1 Å². The smallest absolute Gasteiger partial charge is 0.405 e. The van der Waals surface area contributed by atoms with Gasteiger partial charge in [0.2, 0.25) is 5.91 Å². The van der Waals surface area contributed by atoms with Crippen molar-refractivity contribution in [3.63, 3.8) is 0 Å². The third-order valence-electron chi connectivity index (χ3n) is 2.43. The van der Waals surface area contributed by atoms with Crippen molar-refractivity contribution >= 4 is 12.0 Å². The first-order valence-corrected chi connectivity index (χ1v) is 5.04. The molecule has 5 heteroatoms. The number of hydrogen-bond acceptors (Lipinski definition) is 2. The van der Waals surface area contributed by atoms with E-state index in [0.717, 1.165) is 12.8 Å². The Balaban J connectivity index is 2.65. The molecule has 1 aliphatic heterocycles. The highest BCUT2D eigenvalue weighted by atomic mass is 16.4. The summed E-state index contributed by atoms with van der Waals surface area (Å²) in [5, 5.41) is 10.8. The van der Waals surface area contributed by atoms with E-state index in [-0.39, 0.29) is 5.91 Å². The molecule has 1 heterocycles. The van der Waals surface area contributed by atoms with Gasteiger partial charge >= 0.3 is 6.09 Å². The molecule has 0 aliphatic carbocycles. The second-order valence-electron chi connectivity index (χ2n) is 3.57. The summed E-state index contributed by atoms with van der Waals surface area (Å²) >= 11 is 0. The molecule has 0 radical (unpaired) electrons. The average molecular weight is 212 g/mol. The third kappa shape index (κ3) is 3.27. The molecule has 1 fully saturated rings. The maximum Gasteiger partial charge on any atom is 0.405 e. The van der Waals surface area contributed by atoms with Crippen LogP contribution in [0.2, 0.25) is 0 Å². The molecule has 15 heavy (non-hydrogen) atoms. The second kappa shape index (κ2) is 5.38. The molecule has 0 aromatic carbocycles. The molecule has 84 valence electrons. The molecular weight excluding hydrogens is 196 g/mol. The van der Waals surface area contributed by atoms with Crippen LogP contribution in [0, 0.1) is 0 Å². The number of likely N-dealkylation sites (tertiary alicyclic amines) is 1. The molecule has 2 amide bonds. The summed E-state index contributed by atoms with van der Waals surface area (Å²) in [4.78, 5) is 24.0. The SMILES string of the molecule is C=CCN1CCCCC(NC(=O)O)C1=O. The van der Waals surface area contributed by atoms with E-state index in [1.54, 1.807) is 11.0 Å². The van der Waals surface area contributed by atoms with Gasteiger partial charge in [0, 0.05) is 13.1 Å². The molecule has 1 atom stereocenters. The molecule has 1 saturated heterocycles. The number of nitrogens with one attached hydrogen (secondary N) is 1. The maximum absolute atomic E-state index is 11.8. The van der Waals surface area contributed by atoms with Gasteiger partial charge in [0.1, 0.15) is 6.04 Å². The van der Waals surface area contributed by atoms with Gasteiger partial charge in [-0.1, -0.05) is 6.08 Å². The van der Waals surface area contributed by atoms with Crippen molar-refractivity contribution in [3.8, 4) is 0 Å². The van der Waals surface area contributed by atoms with E-state index in [4.69, 9.17) is 5.11 Å². The Labute approximate surface area is 88.8 Å². The van der Waals surface area contributed by atoms with Crippen molar-refractivity contribution in [1.29, 1.82) is 0 Å². The van der Waals surface area contributed by atoms with E-state index in [1.807, 2.05) is 0 Å². The molecule has 0 bridgehead atoms. The van der Waals surface area contributed by atoms with Crippen LogP contribution in [0.1, 0.15) is 19.3 Å². The molecule has 0 aromatic rings. The minimum atomic E-state index is -1.14. The van der Waals surface area contributed by atoms with Crippen molar-refractivity contribution in [1.82, 2.24) is 10.2 Å². The second-order valence-corrected chi connectivity index (χ2v) is 3.57. The summed E-state index contributed by atoms with van der Waals surface area (Å²) in [5.74, 6) is -0.144. The molecule has 5 nitrogen and oxygen atoms in total. The largest absolute Gasteiger partial charge is 0.465 e. The molecule has 1 aliphatic rings. The van der Waals surface area contributed by atoms with Crippen molar-refractivity contribution < 1.29 is 14.7 Å². The molecule has 0 spiro atoms. The number of hydrogen-bond donors (Lipinski definition) is 2. The van der Waals surface area contributed by atoms with Crippen LogP contribution in [0.15, 0.2) is 12.7 Å². The van der Waals surface area contributed by atoms with Gasteiger partial charge in [0.25, 0.3) is 0 Å². The quantitative estimate of drug-likeness (QED) is 0.680. The van der Waals surface area contributed by atoms with Gasteiger partial charge in [-0.25, -0.2) is 4.79 Å². The summed E-state index contributed by atoms with van der Waals surface area (Å²) in [6.45, 7) is 4.74. The molecule has 1 unspecified atom stereocenters. The summed E-state index contributed by atoms with van der Waals surface area (Å²) in [5.41, 5.74) is 0. The van der Waals surface area contributed by atoms with Gasteiger partial charge in [0.15, 0.2) is 0 Å². The van der Waals surface area contributed by atoms with Crippen LogP contribution in [0.25, 0.3) is 0 Å². The Morgan fingerprint density at radius 1 is 1.67 bits per heavy atom. The van der Waals surface area contributed by atoms with Crippen molar-refractivity contribution in [2.24, 2.45) is 0 Å². The zero-order valence-electron chi connectivity index (χ0n) is 8.61. The van der Waals surface area contributed by atoms with E-state index in [0.29, 0.717) is 19.5 Å². The van der Waals surface area contributed by atoms with Crippen molar-refractivity contribution in [3.05, 3.63) is 12.7 Å². The standard InChI is InChI=1S/C10H16N2O3/c1-2-6-12-7-4-3-5-8(9(12)13)11-10(14)15/h2,8,11H,1,3-7H2,(H,14,15). The first kappa shape index (κ1) is 11.6. The Kier molecular flexibility index (Phi) is 4.15. The Morgan fingerprint density at radius 3 is 3.00 bits per heavy atom. The molecule has 0 aromatic heterocycles. The van der Waals surface area contributed by atoms with E-state index in [9.17, 15) is 9.59 Å². The fourth-order valence-corrected chi connectivity index (χ4v) is 1.73. The molecule has 1 rings (SSSR count). The maximum atomic E-state index is 11.8. The Morgan fingerprint density at radius 2 is 2.40 bits per heavy atom. The topological polar surface area (TPSA) is 69.6 Å². The van der Waals surface area contributed by atoms with Crippen molar-refractivity contribution in [2.75, 3.05) is 13.1 Å². The van der Waals surface area contributed by atoms with Gasteiger partial charge in [-0.05, 0) is 19.3 Å². The molecular formula is C10H16N2O3. The lowest BCUT2D eigenvalue weighted by Crippen LogP contribution is -2.47. The van der Waals surface area contributed by atoms with Crippen LogP contribution < -0.4 is 5.32 Å². The summed E-state index contributed by atoms with van der Waals surface area (Å²) in [6.07, 6.45) is 2.87. The minimum absolute atomic E-state index is 0.144. The highest BCUT2D eigenvalue weighted by Crippen LogP contribution is 2.12. The molecule has 0 saturated carbocycles. The van der Waals surface area contributed by atoms with Gasteiger partial charge in [0.05, 0.1) is 0 Å². The number of carbonyl (C=O) groups excluding carboxylic acids is 1. The van der Waals surface area contributed by atoms with Gasteiger partial charge in [-0.3, -0.25) is 4.79 Å². The fraction of sp³-hybridized carbons (Fsp3) is 0.600. The lowest BCUT2D eigenvalue weighted by atomic mass is 10.1. The van der Waals surface area contributed by atoms with Crippen LogP contribution in [0.3, 0.4) is 0 Å². The lowest BCUT2D eigenvalue weighted by Gasteiger charge is -2.22. The van der Waals surface area contributed by atoms with Crippen molar-refractivity contribution in [2.45, 2.75) is 25.3 Å². The van der Waals surface area contributed by atoms with E-state index in [2.05, 4.69) is 11.9 Å². The predicted octanol–water partition coefficient (Wildman–Crippen LogP) is 0.821. The summed E-state index contributed by atoms with van der Waals surface area (Å²) < 4.78 is 0. The van der Waals surface area contributed by atoms with Crippen LogP contribution >= 0.6 is 0 Å². The number of nitrogens with zero attached hydrogens (tertiary/aromatic N) is 1. The van der Waals surface area contributed by atoms with Gasteiger partial charge < -0.3 is 15.3 Å². The fourth-order valence-electron chi connectivity index (χ4n) is 1.73. The van der Waals surface area contributed by atoms with Gasteiger partial charge in [-0.2, -0.15) is 0 Å². The van der Waals surface area contributed by atoms with Crippen LogP contribution in [-0.2, 0) is 4.79 Å². The highest BCUT2D eigenvalue weighted by Gasteiger charge is 2.27. The molecule has 2 N–H and O–H groups in total. The number of amides is 2.